The van der Waals surface area contributed by atoms with Crippen LogP contribution in [0.15, 0.2) is 18.2 Å². The van der Waals surface area contributed by atoms with E-state index in [-0.39, 0.29) is 29.5 Å². The number of carbonyl (C=O) groups is 1. The van der Waals surface area contributed by atoms with E-state index in [1.54, 1.807) is 0 Å². The van der Waals surface area contributed by atoms with Crippen molar-refractivity contribution in [2.75, 3.05) is 19.8 Å². The summed E-state index contributed by atoms with van der Waals surface area (Å²) < 4.78 is 16.0. The van der Waals surface area contributed by atoms with Crippen molar-refractivity contribution in [3.63, 3.8) is 0 Å². The van der Waals surface area contributed by atoms with E-state index in [9.17, 15) is 4.79 Å². The smallest absolute Gasteiger partial charge is 0.344 e. The fourth-order valence-electron chi connectivity index (χ4n) is 2.53. The molecule has 0 saturated carbocycles. The number of esters is 1. The molecule has 1 aromatic rings. The first kappa shape index (κ1) is 19.8. The highest BCUT2D eigenvalue weighted by Crippen LogP contribution is 2.38. The third-order valence-electron chi connectivity index (χ3n) is 5.44. The van der Waals surface area contributed by atoms with Crippen LogP contribution in [0.3, 0.4) is 0 Å². The monoisotopic (exact) mass is 348 g/mol. The van der Waals surface area contributed by atoms with Crippen molar-refractivity contribution < 1.29 is 19.0 Å². The second kappa shape index (κ2) is 7.77. The van der Waals surface area contributed by atoms with Gasteiger partial charge in [0.05, 0.1) is 6.61 Å². The molecule has 4 heteroatoms. The van der Waals surface area contributed by atoms with Crippen LogP contribution in [0.1, 0.15) is 65.5 Å². The Bertz CT molecular complexity index is 600. The fraction of sp³-hybridized carbons (Fsp3) is 0.667. The Morgan fingerprint density at radius 1 is 1.16 bits per heavy atom. The maximum Gasteiger partial charge on any atom is 0.344 e. The Labute approximate surface area is 151 Å². The van der Waals surface area contributed by atoms with Gasteiger partial charge in [-0.25, -0.2) is 4.79 Å². The van der Waals surface area contributed by atoms with E-state index < -0.39 is 0 Å². The van der Waals surface area contributed by atoms with Crippen molar-refractivity contribution in [3.8, 4) is 5.75 Å². The van der Waals surface area contributed by atoms with Gasteiger partial charge in [-0.05, 0) is 35.3 Å². The lowest BCUT2D eigenvalue weighted by Crippen LogP contribution is -2.23. The molecule has 1 heterocycles. The lowest BCUT2D eigenvalue weighted by molar-refractivity contribution is -0.146. The van der Waals surface area contributed by atoms with Gasteiger partial charge in [-0.2, -0.15) is 0 Å². The first-order chi connectivity index (χ1) is 11.7. The molecule has 1 saturated heterocycles. The van der Waals surface area contributed by atoms with Gasteiger partial charge in [0.1, 0.15) is 18.5 Å². The molecule has 1 aliphatic heterocycles. The van der Waals surface area contributed by atoms with Crippen molar-refractivity contribution in [3.05, 3.63) is 29.3 Å². The highest BCUT2D eigenvalue weighted by Gasteiger charge is 2.27. The molecule has 25 heavy (non-hydrogen) atoms. The third-order valence-corrected chi connectivity index (χ3v) is 5.44. The second-order valence-corrected chi connectivity index (χ2v) is 8.11. The molecule has 140 valence electrons. The Morgan fingerprint density at radius 3 is 2.36 bits per heavy atom. The Kier molecular flexibility index (Phi) is 6.15. The Hall–Kier alpha value is -1.55. The summed E-state index contributed by atoms with van der Waals surface area (Å²) in [4.78, 5) is 11.8. The van der Waals surface area contributed by atoms with Crippen molar-refractivity contribution >= 4 is 5.97 Å². The van der Waals surface area contributed by atoms with Gasteiger partial charge in [0.15, 0.2) is 6.61 Å². The first-order valence-corrected chi connectivity index (χ1v) is 9.24. The number of ether oxygens (including phenoxy) is 3. The minimum absolute atomic E-state index is 0.0269. The van der Waals surface area contributed by atoms with Crippen LogP contribution in [0.2, 0.25) is 0 Å². The minimum atomic E-state index is -0.353. The van der Waals surface area contributed by atoms with Crippen LogP contribution in [-0.2, 0) is 25.1 Å². The average Bonchev–Trinajstić information content (AvgIpc) is 3.42. The number of rotatable bonds is 9. The van der Waals surface area contributed by atoms with Gasteiger partial charge in [0.2, 0.25) is 0 Å². The highest BCUT2D eigenvalue weighted by molar-refractivity contribution is 5.71. The van der Waals surface area contributed by atoms with Crippen LogP contribution in [0.4, 0.5) is 0 Å². The van der Waals surface area contributed by atoms with Crippen LogP contribution in [0, 0.1) is 0 Å². The summed E-state index contributed by atoms with van der Waals surface area (Å²) in [7, 11) is 0. The average molecular weight is 348 g/mol. The summed E-state index contributed by atoms with van der Waals surface area (Å²) in [5.41, 5.74) is 2.53. The zero-order valence-corrected chi connectivity index (χ0v) is 16.5. The Morgan fingerprint density at radius 2 is 1.80 bits per heavy atom. The van der Waals surface area contributed by atoms with Crippen LogP contribution in [-0.4, -0.2) is 31.9 Å². The summed E-state index contributed by atoms with van der Waals surface area (Å²) in [5, 5.41) is 0. The van der Waals surface area contributed by atoms with E-state index in [2.05, 4.69) is 53.7 Å². The maximum atomic E-state index is 11.8. The van der Waals surface area contributed by atoms with Gasteiger partial charge in [-0.3, -0.25) is 0 Å². The topological polar surface area (TPSA) is 48.1 Å². The van der Waals surface area contributed by atoms with Gasteiger partial charge in [0, 0.05) is 5.56 Å². The van der Waals surface area contributed by atoms with Crippen LogP contribution >= 0.6 is 0 Å². The summed E-state index contributed by atoms with van der Waals surface area (Å²) in [6.45, 7) is 14.2. The van der Waals surface area contributed by atoms with Gasteiger partial charge >= 0.3 is 5.97 Å². The Balaban J connectivity index is 2.16. The fourth-order valence-corrected chi connectivity index (χ4v) is 2.53. The largest absolute Gasteiger partial charge is 0.482 e. The van der Waals surface area contributed by atoms with E-state index >= 15 is 0 Å². The first-order valence-electron chi connectivity index (χ1n) is 9.24. The van der Waals surface area contributed by atoms with E-state index in [4.69, 9.17) is 14.2 Å². The van der Waals surface area contributed by atoms with E-state index in [0.717, 1.165) is 24.2 Å². The molecule has 0 aliphatic carbocycles. The molecule has 0 bridgehead atoms. The number of benzene rings is 1. The molecule has 0 aromatic heterocycles. The van der Waals surface area contributed by atoms with E-state index in [1.807, 2.05) is 6.07 Å². The van der Waals surface area contributed by atoms with Gasteiger partial charge in [-0.15, -0.1) is 0 Å². The third kappa shape index (κ3) is 5.21. The zero-order valence-electron chi connectivity index (χ0n) is 16.5. The highest BCUT2D eigenvalue weighted by atomic mass is 16.6. The molecule has 0 radical (unpaired) electrons. The molecule has 1 aliphatic rings. The summed E-state index contributed by atoms with van der Waals surface area (Å²) >= 11 is 0. The number of epoxide rings is 1. The zero-order chi connectivity index (χ0) is 18.7. The number of hydrogen-bond acceptors (Lipinski definition) is 4. The second-order valence-electron chi connectivity index (χ2n) is 8.11. The standard InChI is InChI=1S/C21H32O4/c1-7-20(3,4)15-9-10-18(17(11-15)21(5,6)8-2)24-14-19(22)25-13-16-12-23-16/h9-11,16H,7-8,12-14H2,1-6H3. The normalized spacial score (nSPS) is 17.3. The molecular formula is C21H32O4. The van der Waals surface area contributed by atoms with Crippen molar-refractivity contribution in [1.82, 2.24) is 0 Å². The molecule has 2 rings (SSSR count). The lowest BCUT2D eigenvalue weighted by Gasteiger charge is -2.30. The van der Waals surface area contributed by atoms with Crippen LogP contribution < -0.4 is 4.74 Å². The maximum absolute atomic E-state index is 11.8. The van der Waals surface area contributed by atoms with Crippen molar-refractivity contribution in [2.24, 2.45) is 0 Å². The number of carbonyl (C=O) groups excluding carboxylic acids is 1. The summed E-state index contributed by atoms with van der Waals surface area (Å²) in [5.74, 6) is 0.413. The molecule has 1 fully saturated rings. The molecule has 0 spiro atoms. The SMILES string of the molecule is CCC(C)(C)c1ccc(OCC(=O)OCC2CO2)c(C(C)(C)CC)c1. The molecule has 4 nitrogen and oxygen atoms in total. The van der Waals surface area contributed by atoms with Crippen molar-refractivity contribution in [2.45, 2.75) is 71.3 Å². The molecule has 0 N–H and O–H groups in total. The predicted molar refractivity (Wildman–Crippen MR) is 99.3 cm³/mol. The minimum Gasteiger partial charge on any atom is -0.482 e. The summed E-state index contributed by atoms with van der Waals surface area (Å²) in [6, 6.07) is 6.35. The molecule has 1 atom stereocenters. The molecular weight excluding hydrogens is 316 g/mol. The van der Waals surface area contributed by atoms with Gasteiger partial charge in [0.25, 0.3) is 0 Å². The predicted octanol–water partition coefficient (Wildman–Crippen LogP) is 4.38. The summed E-state index contributed by atoms with van der Waals surface area (Å²) in [6.07, 6.45) is 2.13. The van der Waals surface area contributed by atoms with E-state index in [0.29, 0.717) is 13.2 Å². The van der Waals surface area contributed by atoms with Crippen LogP contribution in [0.5, 0.6) is 5.75 Å². The van der Waals surface area contributed by atoms with Gasteiger partial charge < -0.3 is 14.2 Å². The van der Waals surface area contributed by atoms with Crippen molar-refractivity contribution in [1.29, 1.82) is 0 Å². The number of hydrogen-bond donors (Lipinski definition) is 0. The quantitative estimate of drug-likeness (QED) is 0.491. The molecule has 1 unspecified atom stereocenters. The molecule has 1 aromatic carbocycles. The van der Waals surface area contributed by atoms with Crippen LogP contribution in [0.25, 0.3) is 0 Å². The lowest BCUT2D eigenvalue weighted by atomic mass is 9.76. The molecule has 0 amide bonds. The van der Waals surface area contributed by atoms with E-state index in [1.165, 1.54) is 5.56 Å². The van der Waals surface area contributed by atoms with Gasteiger partial charge in [-0.1, -0.05) is 53.7 Å².